The molecule has 4 nitrogen and oxygen atoms in total. The molecule has 0 heterocycles. The highest BCUT2D eigenvalue weighted by Gasteiger charge is 2.47. The monoisotopic (exact) mass is 1880 g/mol. The molecule has 2 N–H and O–H groups in total. The van der Waals surface area contributed by atoms with E-state index in [9.17, 15) is 4.39 Å². The second-order valence-electron chi connectivity index (χ2n) is 30.4. The van der Waals surface area contributed by atoms with Gasteiger partial charge in [0.2, 0.25) is 0 Å². The lowest BCUT2D eigenvalue weighted by Gasteiger charge is -2.33. The smallest absolute Gasteiger partial charge is 0.135 e. The number of phenolic OH excluding ortho intramolecular Hbond substituents is 2. The van der Waals surface area contributed by atoms with Crippen LogP contribution in [0, 0.1) is 0 Å². The molecule has 0 radical (unpaired) electrons. The van der Waals surface area contributed by atoms with Crippen molar-refractivity contribution in [2.75, 3.05) is 7.15 Å². The van der Waals surface area contributed by atoms with Crippen LogP contribution in [0.3, 0.4) is 0 Å². The summed E-state index contributed by atoms with van der Waals surface area (Å²) in [7, 11) is -1.00. The van der Waals surface area contributed by atoms with Crippen molar-refractivity contribution in [2.24, 2.45) is 0 Å². The largest absolute Gasteiger partial charge is 0.507 e. The van der Waals surface area contributed by atoms with E-state index >= 15 is 0 Å². The highest BCUT2D eigenvalue weighted by molar-refractivity contribution is 9.11. The van der Waals surface area contributed by atoms with Crippen molar-refractivity contribution in [3.8, 4) is 56.4 Å². The molecule has 0 fully saturated rings. The summed E-state index contributed by atoms with van der Waals surface area (Å²) < 4.78 is 31.5. The van der Waals surface area contributed by atoms with Crippen LogP contribution in [0.4, 0.5) is 4.39 Å². The van der Waals surface area contributed by atoms with Crippen molar-refractivity contribution in [2.45, 2.75) is 73.3 Å². The Morgan fingerprint density at radius 2 is 0.513 bits per heavy atom. The van der Waals surface area contributed by atoms with Crippen LogP contribution in [0.25, 0.3) is 69.8 Å². The molecule has 119 heavy (non-hydrogen) atoms. The van der Waals surface area contributed by atoms with Gasteiger partial charge in [-0.05, 0) is 277 Å². The summed E-state index contributed by atoms with van der Waals surface area (Å²) >= 11 is 17.5. The van der Waals surface area contributed by atoms with Crippen LogP contribution < -0.4 is 9.47 Å². The third-order valence-corrected chi connectivity index (χ3v) is 26.4. The maximum absolute atomic E-state index is 9.96. The number of hydrogen-bond acceptors (Lipinski definition) is 4. The molecule has 0 saturated carbocycles. The van der Waals surface area contributed by atoms with Crippen LogP contribution in [0.1, 0.15) is 118 Å². The van der Waals surface area contributed by atoms with Crippen LogP contribution in [0.2, 0.25) is 0 Å². The van der Waals surface area contributed by atoms with Gasteiger partial charge in [-0.1, -0.05) is 365 Å². The Balaban J connectivity index is 0.000000209. The minimum Gasteiger partial charge on any atom is -0.507 e. The van der Waals surface area contributed by atoms with Gasteiger partial charge in [-0.15, -0.1) is 0 Å². The Labute approximate surface area is 743 Å². The van der Waals surface area contributed by atoms with Gasteiger partial charge in [0.05, 0.1) is 26.4 Å². The Morgan fingerprint density at radius 1 is 0.294 bits per heavy atom. The van der Waals surface area contributed by atoms with E-state index < -0.39 is 7.15 Å². The minimum atomic E-state index is -1.00. The summed E-state index contributed by atoms with van der Waals surface area (Å²) in [6.07, 6.45) is 16.7. The molecular weight excluding hydrogens is 1790 g/mol. The number of benzene rings is 14. The molecule has 0 aliphatic heterocycles. The summed E-state index contributed by atoms with van der Waals surface area (Å²) in [5.74, 6) is 1.66. The van der Waals surface area contributed by atoms with Gasteiger partial charge in [0.15, 0.2) is 0 Å². The molecule has 14 aromatic carbocycles. The number of rotatable bonds is 25. The van der Waals surface area contributed by atoms with Gasteiger partial charge < -0.3 is 19.7 Å². The molecular formula is C109H90Br5FO4. The van der Waals surface area contributed by atoms with Crippen LogP contribution in [-0.2, 0) is 73.3 Å². The molecule has 14 aromatic rings. The Hall–Kier alpha value is -11.0. The van der Waals surface area contributed by atoms with E-state index in [0.717, 1.165) is 109 Å². The topological polar surface area (TPSA) is 58.9 Å². The lowest BCUT2D eigenvalue weighted by Crippen LogP contribution is -2.31. The van der Waals surface area contributed by atoms with Crippen molar-refractivity contribution in [1.82, 2.24) is 0 Å². The molecule has 3 aliphatic carbocycles. The number of fused-ring (bicyclic) bond motifs is 9. The summed E-state index contributed by atoms with van der Waals surface area (Å²) in [6.45, 7) is 24.6. The third kappa shape index (κ3) is 18.2. The molecule has 0 aromatic heterocycles. The van der Waals surface area contributed by atoms with Crippen molar-refractivity contribution >= 4 is 116 Å². The molecule has 3 aliphatic rings. The van der Waals surface area contributed by atoms with Crippen LogP contribution in [-0.4, -0.2) is 17.4 Å². The number of hydrogen-bond donors (Lipinski definition) is 2. The summed E-state index contributed by atoms with van der Waals surface area (Å²) in [5.41, 5.74) is 33.4. The summed E-state index contributed by atoms with van der Waals surface area (Å²) in [4.78, 5) is 0. The van der Waals surface area contributed by atoms with Gasteiger partial charge >= 0.3 is 0 Å². The number of halogens is 6. The van der Waals surface area contributed by atoms with Gasteiger partial charge in [0.1, 0.15) is 36.2 Å². The lowest BCUT2D eigenvalue weighted by molar-refractivity contribution is 0.293. The first kappa shape index (κ1) is 83.1. The first-order valence-corrected chi connectivity index (χ1v) is 43.7. The van der Waals surface area contributed by atoms with Gasteiger partial charge in [0.25, 0.3) is 0 Å². The van der Waals surface area contributed by atoms with E-state index in [2.05, 4.69) is 392 Å². The van der Waals surface area contributed by atoms with Gasteiger partial charge in [0, 0.05) is 21.6 Å². The number of phenols is 2. The van der Waals surface area contributed by atoms with E-state index in [1.54, 1.807) is 0 Å². The second kappa shape index (κ2) is 38.0. The minimum absolute atomic E-state index is 0.102. The fraction of sp³-hybridized carbons (Fsp3) is 0.119. The van der Waals surface area contributed by atoms with Crippen LogP contribution in [0.5, 0.6) is 23.0 Å². The average molecular weight is 1880 g/mol. The lowest BCUT2D eigenvalue weighted by atomic mass is 9.69. The van der Waals surface area contributed by atoms with Crippen molar-refractivity contribution in [3.63, 3.8) is 0 Å². The van der Waals surface area contributed by atoms with Gasteiger partial charge in [-0.3, -0.25) is 4.39 Å². The third-order valence-electron chi connectivity index (χ3n) is 23.3. The average Bonchev–Trinajstić information content (AvgIpc) is 1.57. The zero-order valence-electron chi connectivity index (χ0n) is 67.0. The fourth-order valence-corrected chi connectivity index (χ4v) is 19.3. The van der Waals surface area contributed by atoms with Gasteiger partial charge in [-0.2, -0.15) is 0 Å². The van der Waals surface area contributed by atoms with E-state index in [4.69, 9.17) is 21.1 Å². The predicted octanol–water partition coefficient (Wildman–Crippen LogP) is 30.3. The van der Waals surface area contributed by atoms with E-state index in [-0.39, 0.29) is 27.7 Å². The molecule has 0 spiro atoms. The van der Waals surface area contributed by atoms with Crippen LogP contribution in [0.15, 0.2) is 355 Å². The maximum atomic E-state index is 9.96. The first-order valence-electron chi connectivity index (χ1n) is 40.1. The number of alkyl halides is 2. The molecule has 10 heteroatoms. The van der Waals surface area contributed by atoms with Crippen LogP contribution >= 0.6 is 79.6 Å². The number of aromatic hydroxyl groups is 2. The van der Waals surface area contributed by atoms with Crippen molar-refractivity contribution in [1.29, 1.82) is 0 Å². The molecule has 0 saturated heterocycles. The first-order chi connectivity index (χ1) is 58.4. The number of ether oxygens (including phenoxy) is 2. The standard InChI is InChI=1S/C70H56Br2O2.C32H27Br.C6H4Br2O2.CH3F/c1-5-47-17-25-51(26-18-47)41-69(42-52-27-19-48(6-2)20-28-52)61-15-11-9-13-57(61)59-35-33-55(37-63(59)69)45-73-67-39-66(72)68(40-65(67)71)74-46-56-34-36-60-58-14-10-12-16-62(58)70(64(60)38-56,43-53-29-21-49(7-3)22-30-53)44-54-31-23-50(8-4)24-32-54;1-3-23-9-13-25(14-10-23)20-32(21-26-15-11-24(4-2)12-16-26)30-8-6-5-7-28(30)29-18-17-27(22-33)19-31(29)32;7-3-1-5(9)4(8)2-6(3)10;1-2/h5-40H,1-4,41-46H2;3-19H,1-2,20-22H2;1-2,9-10H;1H3/i;;;1D. The molecule has 0 unspecified atom stereocenters. The quantitative estimate of drug-likeness (QED) is 0.0442. The van der Waals surface area contributed by atoms with E-state index in [1.165, 1.54) is 118 Å². The predicted molar refractivity (Wildman–Crippen MR) is 515 cm³/mol. The zero-order valence-corrected chi connectivity index (χ0v) is 74.0. The molecule has 0 amide bonds. The molecule has 0 atom stereocenters. The van der Waals surface area contributed by atoms with Crippen molar-refractivity contribution < 1.29 is 25.4 Å². The normalized spacial score (nSPS) is 12.9. The van der Waals surface area contributed by atoms with Gasteiger partial charge in [-0.25, -0.2) is 0 Å². The molecule has 592 valence electrons. The summed E-state index contributed by atoms with van der Waals surface area (Å²) in [6, 6.07) is 108. The Kier molecular flexibility index (Phi) is 26.5. The van der Waals surface area contributed by atoms with E-state index in [1.807, 2.05) is 48.6 Å². The Morgan fingerprint density at radius 3 is 0.756 bits per heavy atom. The molecule has 17 rings (SSSR count). The molecule has 0 bridgehead atoms. The fourth-order valence-electron chi connectivity index (χ4n) is 17.4. The maximum Gasteiger partial charge on any atom is 0.135 e. The second-order valence-corrected chi connectivity index (χ2v) is 34.4. The Bertz CT molecular complexity index is 5640. The highest BCUT2D eigenvalue weighted by atomic mass is 79.9. The zero-order chi connectivity index (χ0) is 84.1. The highest BCUT2D eigenvalue weighted by Crippen LogP contribution is 2.57. The van der Waals surface area contributed by atoms with E-state index in [0.29, 0.717) is 22.2 Å². The van der Waals surface area contributed by atoms with Crippen molar-refractivity contribution in [3.05, 3.63) is 471 Å². The summed E-state index contributed by atoms with van der Waals surface area (Å²) in [5, 5.41) is 18.9. The SMILES string of the molecule is C=Cc1ccc(CC2(Cc3ccc(C=C)cc3)c3ccccc3-c3ccc(CBr)cc32)cc1.C=Cc1ccc(CC2(Cc3ccc(C=C)cc3)c3ccccc3-c3ccc(COc4cc(Br)c(OCc5ccc6c(c5)C(Cc5ccc(C=C)cc5)(Cc5ccc(C=C)cc5)c5ccccc5-6)cc4Br)cc32)cc1.Oc1cc(Br)c(O)cc1Br.[2H]CF.